The highest BCUT2D eigenvalue weighted by Gasteiger charge is 2.15. The predicted molar refractivity (Wildman–Crippen MR) is 105 cm³/mol. The highest BCUT2D eigenvalue weighted by Crippen LogP contribution is 2.34. The van der Waals surface area contributed by atoms with Crippen LogP contribution in [0, 0.1) is 27.7 Å². The maximum absolute atomic E-state index is 10.3. The van der Waals surface area contributed by atoms with Gasteiger partial charge in [0.15, 0.2) is 0 Å². The van der Waals surface area contributed by atoms with Crippen LogP contribution in [0.3, 0.4) is 0 Å². The molecule has 0 unspecified atom stereocenters. The van der Waals surface area contributed by atoms with E-state index in [0.717, 1.165) is 39.5 Å². The molecule has 0 aliphatic rings. The van der Waals surface area contributed by atoms with E-state index >= 15 is 0 Å². The van der Waals surface area contributed by atoms with E-state index in [1.807, 2.05) is 13.8 Å². The number of benzene rings is 2. The van der Waals surface area contributed by atoms with Gasteiger partial charge in [0, 0.05) is 9.99 Å². The molecule has 0 saturated heterocycles. The molecule has 2 rings (SSSR count). The number of aryl methyl sites for hydroxylation is 2. The fourth-order valence-electron chi connectivity index (χ4n) is 3.26. The van der Waals surface area contributed by atoms with Crippen molar-refractivity contribution < 1.29 is 10.2 Å². The molecule has 23 heavy (non-hydrogen) atoms. The van der Waals surface area contributed by atoms with Gasteiger partial charge in [0.25, 0.3) is 0 Å². The molecule has 124 valence electrons. The summed E-state index contributed by atoms with van der Waals surface area (Å²) in [4.78, 5) is 0. The van der Waals surface area contributed by atoms with Crippen LogP contribution in [0.5, 0.6) is 11.5 Å². The maximum Gasteiger partial charge on any atom is 0.122 e. The second kappa shape index (κ2) is 7.12. The third-order valence-electron chi connectivity index (χ3n) is 4.84. The lowest BCUT2D eigenvalue weighted by Gasteiger charge is -2.18. The van der Waals surface area contributed by atoms with Crippen LogP contribution < -0.4 is 0 Å². The summed E-state index contributed by atoms with van der Waals surface area (Å²) >= 11 is 2.30. The lowest BCUT2D eigenvalue weighted by molar-refractivity contribution is 0.463. The first kappa shape index (κ1) is 18.1. The number of phenols is 2. The van der Waals surface area contributed by atoms with Crippen LogP contribution in [0.2, 0.25) is 0 Å². The number of alkyl halides is 1. The first-order chi connectivity index (χ1) is 10.8. The summed E-state index contributed by atoms with van der Waals surface area (Å²) < 4.78 is 0.803. The van der Waals surface area contributed by atoms with E-state index in [-0.39, 0.29) is 0 Å². The Kier molecular flexibility index (Phi) is 5.61. The summed E-state index contributed by atoms with van der Waals surface area (Å²) in [7, 11) is 0. The Hall–Kier alpha value is -1.23. The van der Waals surface area contributed by atoms with Crippen LogP contribution in [0.25, 0.3) is 0 Å². The molecule has 0 spiro atoms. The topological polar surface area (TPSA) is 40.5 Å². The number of hydrogen-bond acceptors (Lipinski definition) is 2. The summed E-state index contributed by atoms with van der Waals surface area (Å²) in [5.41, 5.74) is 8.80. The zero-order valence-electron chi connectivity index (χ0n) is 14.5. The largest absolute Gasteiger partial charge is 0.507 e. The summed E-state index contributed by atoms with van der Waals surface area (Å²) in [5.74, 6) is 0.855. The second-order valence-corrected chi connectivity index (χ2v) is 7.04. The summed E-state index contributed by atoms with van der Waals surface area (Å²) in [6.07, 6.45) is 1.66. The van der Waals surface area contributed by atoms with Gasteiger partial charge in [0.1, 0.15) is 11.5 Å². The number of hydrogen-bond donors (Lipinski definition) is 2. The molecule has 0 atom stereocenters. The van der Waals surface area contributed by atoms with Gasteiger partial charge in [0.05, 0.1) is 0 Å². The minimum atomic E-state index is 0.425. The molecule has 0 aliphatic carbocycles. The molecule has 2 nitrogen and oxygen atoms in total. The van der Waals surface area contributed by atoms with E-state index in [9.17, 15) is 10.2 Å². The average molecular weight is 424 g/mol. The van der Waals surface area contributed by atoms with E-state index in [0.29, 0.717) is 11.5 Å². The van der Waals surface area contributed by atoms with E-state index in [1.165, 1.54) is 22.3 Å². The van der Waals surface area contributed by atoms with Gasteiger partial charge in [-0.3, -0.25) is 0 Å². The Morgan fingerprint density at radius 3 is 1.70 bits per heavy atom. The Bertz CT molecular complexity index is 685. The van der Waals surface area contributed by atoms with Crippen molar-refractivity contribution in [3.8, 4) is 11.5 Å². The fourth-order valence-corrected chi connectivity index (χ4v) is 4.20. The molecule has 0 aliphatic heterocycles. The molecule has 0 heterocycles. The average Bonchev–Trinajstić information content (AvgIpc) is 2.51. The minimum absolute atomic E-state index is 0.425. The molecule has 0 saturated carbocycles. The van der Waals surface area contributed by atoms with E-state index < -0.39 is 0 Å². The third-order valence-corrected chi connectivity index (χ3v) is 5.60. The SMILES string of the molecule is CCc1c(C)c(Cc2cc(C)c(O)c(CI)c2C)cc(C)c1O. The molecule has 0 aromatic heterocycles. The lowest BCUT2D eigenvalue weighted by atomic mass is 9.89. The standard InChI is InChI=1S/C20H25IO2/c1-6-17-13(4)15(7-11(2)19(17)22)9-16-8-12(3)20(23)18(10-21)14(16)5/h7-8,22-23H,6,9-10H2,1-5H3. The minimum Gasteiger partial charge on any atom is -0.507 e. The highest BCUT2D eigenvalue weighted by molar-refractivity contribution is 14.1. The molecule has 2 N–H and O–H groups in total. The van der Waals surface area contributed by atoms with Crippen LogP contribution in [-0.4, -0.2) is 10.2 Å². The Balaban J connectivity index is 2.57. The molecule has 2 aromatic carbocycles. The van der Waals surface area contributed by atoms with Gasteiger partial charge in [-0.2, -0.15) is 0 Å². The molecule has 2 aromatic rings. The van der Waals surface area contributed by atoms with Crippen molar-refractivity contribution in [1.29, 1.82) is 0 Å². The van der Waals surface area contributed by atoms with Gasteiger partial charge in [-0.15, -0.1) is 0 Å². The summed E-state index contributed by atoms with van der Waals surface area (Å²) in [6.45, 7) is 10.2. The summed E-state index contributed by atoms with van der Waals surface area (Å²) in [5, 5.41) is 20.5. The molecule has 0 bridgehead atoms. The van der Waals surface area contributed by atoms with E-state index in [1.54, 1.807) is 0 Å². The van der Waals surface area contributed by atoms with Crippen molar-refractivity contribution >= 4 is 22.6 Å². The Labute approximate surface area is 152 Å². The molecular formula is C20H25IO2. The third kappa shape index (κ3) is 3.35. The Morgan fingerprint density at radius 1 is 0.826 bits per heavy atom. The van der Waals surface area contributed by atoms with Gasteiger partial charge < -0.3 is 10.2 Å². The summed E-state index contributed by atoms with van der Waals surface area (Å²) in [6, 6.07) is 4.18. The zero-order chi connectivity index (χ0) is 17.3. The molecule has 0 amide bonds. The Morgan fingerprint density at radius 2 is 1.26 bits per heavy atom. The van der Waals surface area contributed by atoms with Gasteiger partial charge in [-0.05, 0) is 79.5 Å². The van der Waals surface area contributed by atoms with Crippen molar-refractivity contribution in [2.75, 3.05) is 0 Å². The van der Waals surface area contributed by atoms with Crippen molar-refractivity contribution in [2.24, 2.45) is 0 Å². The first-order valence-corrected chi connectivity index (χ1v) is 9.52. The number of phenolic OH excluding ortho intramolecular Hbond substituents is 2. The van der Waals surface area contributed by atoms with Crippen LogP contribution in [0.1, 0.15) is 51.4 Å². The lowest BCUT2D eigenvalue weighted by Crippen LogP contribution is -2.02. The van der Waals surface area contributed by atoms with Crippen molar-refractivity contribution in [1.82, 2.24) is 0 Å². The number of rotatable bonds is 4. The highest BCUT2D eigenvalue weighted by atomic mass is 127. The van der Waals surface area contributed by atoms with Gasteiger partial charge in [0.2, 0.25) is 0 Å². The predicted octanol–water partition coefficient (Wildman–Crippen LogP) is 5.42. The molecule has 0 radical (unpaired) electrons. The first-order valence-electron chi connectivity index (χ1n) is 7.99. The van der Waals surface area contributed by atoms with E-state index in [2.05, 4.69) is 55.5 Å². The normalized spacial score (nSPS) is 11.0. The van der Waals surface area contributed by atoms with Crippen molar-refractivity contribution in [2.45, 2.75) is 51.9 Å². The monoisotopic (exact) mass is 424 g/mol. The van der Waals surface area contributed by atoms with Gasteiger partial charge >= 0.3 is 0 Å². The van der Waals surface area contributed by atoms with Crippen LogP contribution in [-0.2, 0) is 17.3 Å². The van der Waals surface area contributed by atoms with Crippen LogP contribution >= 0.6 is 22.6 Å². The zero-order valence-corrected chi connectivity index (χ0v) is 16.7. The maximum atomic E-state index is 10.3. The molecular weight excluding hydrogens is 399 g/mol. The van der Waals surface area contributed by atoms with Gasteiger partial charge in [-0.1, -0.05) is 41.6 Å². The number of halogens is 1. The molecule has 3 heteroatoms. The second-order valence-electron chi connectivity index (χ2n) is 6.27. The fraction of sp³-hybridized carbons (Fsp3) is 0.400. The smallest absolute Gasteiger partial charge is 0.122 e. The van der Waals surface area contributed by atoms with Crippen LogP contribution in [0.4, 0.5) is 0 Å². The van der Waals surface area contributed by atoms with Gasteiger partial charge in [-0.25, -0.2) is 0 Å². The quantitative estimate of drug-likeness (QED) is 0.508. The van der Waals surface area contributed by atoms with Crippen molar-refractivity contribution in [3.05, 3.63) is 56.6 Å². The number of aromatic hydroxyl groups is 2. The van der Waals surface area contributed by atoms with E-state index in [4.69, 9.17) is 0 Å². The van der Waals surface area contributed by atoms with Crippen molar-refractivity contribution in [3.63, 3.8) is 0 Å². The van der Waals surface area contributed by atoms with Crippen LogP contribution in [0.15, 0.2) is 12.1 Å². The molecule has 0 fully saturated rings.